The summed E-state index contributed by atoms with van der Waals surface area (Å²) < 4.78 is 11.9. The first kappa shape index (κ1) is 10.8. The zero-order chi connectivity index (χ0) is 11.6. The Morgan fingerprint density at radius 1 is 1.18 bits per heavy atom. The van der Waals surface area contributed by atoms with Gasteiger partial charge in [-0.15, -0.1) is 0 Å². The van der Waals surface area contributed by atoms with E-state index >= 15 is 0 Å². The first-order valence-corrected chi connectivity index (χ1v) is 7.51. The van der Waals surface area contributed by atoms with E-state index in [9.17, 15) is 0 Å². The Balaban J connectivity index is 1.42. The average molecular weight is 236 g/mol. The Hall–Kier alpha value is -0.0800. The smallest absolute Gasteiger partial charge is 0.116 e. The maximum atomic E-state index is 6.10. The molecule has 4 rings (SSSR count). The molecule has 0 aromatic rings. The van der Waals surface area contributed by atoms with Crippen molar-refractivity contribution >= 4 is 0 Å². The molecule has 2 heteroatoms. The largest absolute Gasteiger partial charge is 0.366 e. The Morgan fingerprint density at radius 3 is 2.88 bits per heavy atom. The maximum absolute atomic E-state index is 6.10. The highest BCUT2D eigenvalue weighted by molar-refractivity contribution is 5.19. The maximum Gasteiger partial charge on any atom is 0.116 e. The fourth-order valence-corrected chi connectivity index (χ4v) is 4.73. The Kier molecular flexibility index (Phi) is 2.21. The normalized spacial score (nSPS) is 60.4. The lowest BCUT2D eigenvalue weighted by atomic mass is 9.73. The third-order valence-electron chi connectivity index (χ3n) is 5.59. The summed E-state index contributed by atoms with van der Waals surface area (Å²) in [5.74, 6) is 2.58. The number of fused-ring (bicyclic) bond motifs is 3. The molecule has 2 aliphatic carbocycles. The molecule has 96 valence electrons. The second-order valence-electron chi connectivity index (χ2n) is 7.19. The van der Waals surface area contributed by atoms with Crippen molar-refractivity contribution in [3.05, 3.63) is 0 Å². The molecule has 2 heterocycles. The number of hydrogen-bond acceptors (Lipinski definition) is 2. The van der Waals surface area contributed by atoms with Crippen molar-refractivity contribution in [3.63, 3.8) is 0 Å². The number of ether oxygens (including phenoxy) is 2. The monoisotopic (exact) mass is 236 g/mol. The molecule has 0 aromatic heterocycles. The topological polar surface area (TPSA) is 25.1 Å². The quantitative estimate of drug-likeness (QED) is 0.688. The molecule has 2 aliphatic heterocycles. The average Bonchev–Trinajstić information content (AvgIpc) is 3.09. The number of hydrogen-bond donors (Lipinski definition) is 0. The molecule has 0 spiro atoms. The molecule has 7 atom stereocenters. The van der Waals surface area contributed by atoms with Gasteiger partial charge in [0.2, 0.25) is 0 Å². The van der Waals surface area contributed by atoms with Gasteiger partial charge in [-0.1, -0.05) is 33.1 Å². The molecule has 7 unspecified atom stereocenters. The summed E-state index contributed by atoms with van der Waals surface area (Å²) in [5.41, 5.74) is 0.249. The molecule has 2 saturated carbocycles. The Bertz CT molecular complexity index is 327. The third kappa shape index (κ3) is 1.67. The molecule has 0 radical (unpaired) electrons. The minimum Gasteiger partial charge on any atom is -0.366 e. The van der Waals surface area contributed by atoms with Crippen molar-refractivity contribution in [1.29, 1.82) is 0 Å². The summed E-state index contributed by atoms with van der Waals surface area (Å²) in [6, 6.07) is 0. The number of epoxide rings is 2. The molecule has 4 fully saturated rings. The van der Waals surface area contributed by atoms with Crippen molar-refractivity contribution < 1.29 is 9.47 Å². The van der Waals surface area contributed by atoms with Gasteiger partial charge < -0.3 is 9.47 Å². The highest BCUT2D eigenvalue weighted by atomic mass is 16.7. The summed E-state index contributed by atoms with van der Waals surface area (Å²) in [7, 11) is 0. The zero-order valence-electron chi connectivity index (χ0n) is 11.0. The molecule has 2 nitrogen and oxygen atoms in total. The summed E-state index contributed by atoms with van der Waals surface area (Å²) in [5, 5.41) is 0. The third-order valence-corrected chi connectivity index (χ3v) is 5.59. The van der Waals surface area contributed by atoms with E-state index in [2.05, 4.69) is 13.8 Å². The van der Waals surface area contributed by atoms with Crippen molar-refractivity contribution in [1.82, 2.24) is 0 Å². The van der Waals surface area contributed by atoms with Crippen LogP contribution in [0.15, 0.2) is 0 Å². The molecular formula is C15H24O2. The van der Waals surface area contributed by atoms with Crippen molar-refractivity contribution in [2.75, 3.05) is 0 Å². The standard InChI is InChI=1S/C15H24O2/c1-9-4-3-5-11(6-9)8-15-7-10(2)12-13(16-12)14(15)17-15/h9-14H,3-8H2,1-2H3. The predicted octanol–water partition coefficient (Wildman–Crippen LogP) is 3.15. The lowest BCUT2D eigenvalue weighted by Crippen LogP contribution is -2.33. The van der Waals surface area contributed by atoms with Crippen LogP contribution < -0.4 is 0 Å². The van der Waals surface area contributed by atoms with E-state index in [4.69, 9.17) is 9.47 Å². The van der Waals surface area contributed by atoms with Gasteiger partial charge in [0.1, 0.15) is 12.2 Å². The number of rotatable bonds is 2. The van der Waals surface area contributed by atoms with Gasteiger partial charge in [0.15, 0.2) is 0 Å². The van der Waals surface area contributed by atoms with Crippen LogP contribution in [-0.2, 0) is 9.47 Å². The van der Waals surface area contributed by atoms with Crippen LogP contribution in [-0.4, -0.2) is 23.9 Å². The summed E-state index contributed by atoms with van der Waals surface area (Å²) in [6.07, 6.45) is 9.81. The van der Waals surface area contributed by atoms with Gasteiger partial charge in [0.25, 0.3) is 0 Å². The van der Waals surface area contributed by atoms with E-state index in [1.807, 2.05) is 0 Å². The van der Waals surface area contributed by atoms with Crippen LogP contribution in [0.3, 0.4) is 0 Å². The summed E-state index contributed by atoms with van der Waals surface area (Å²) in [4.78, 5) is 0. The van der Waals surface area contributed by atoms with E-state index in [1.54, 1.807) is 0 Å². The summed E-state index contributed by atoms with van der Waals surface area (Å²) >= 11 is 0. The van der Waals surface area contributed by atoms with Crippen molar-refractivity contribution in [3.8, 4) is 0 Å². The van der Waals surface area contributed by atoms with Crippen LogP contribution in [0.1, 0.15) is 52.4 Å². The molecule has 0 aromatic carbocycles. The van der Waals surface area contributed by atoms with E-state index < -0.39 is 0 Å². The minimum atomic E-state index is 0.249. The predicted molar refractivity (Wildman–Crippen MR) is 65.8 cm³/mol. The lowest BCUT2D eigenvalue weighted by Gasteiger charge is -2.30. The van der Waals surface area contributed by atoms with E-state index in [1.165, 1.54) is 38.5 Å². The van der Waals surface area contributed by atoms with Crippen LogP contribution in [0.5, 0.6) is 0 Å². The van der Waals surface area contributed by atoms with Crippen molar-refractivity contribution in [2.24, 2.45) is 17.8 Å². The summed E-state index contributed by atoms with van der Waals surface area (Å²) in [6.45, 7) is 4.76. The fourth-order valence-electron chi connectivity index (χ4n) is 4.73. The SMILES string of the molecule is CC1CCCC(CC23CC(C)C4OC4C2O3)C1. The second kappa shape index (κ2) is 3.48. The first-order valence-electron chi connectivity index (χ1n) is 7.51. The van der Waals surface area contributed by atoms with Crippen LogP contribution in [0.25, 0.3) is 0 Å². The van der Waals surface area contributed by atoms with Crippen LogP contribution in [0, 0.1) is 17.8 Å². The molecule has 2 saturated heterocycles. The zero-order valence-corrected chi connectivity index (χ0v) is 11.0. The fraction of sp³-hybridized carbons (Fsp3) is 1.00. The van der Waals surface area contributed by atoms with Gasteiger partial charge in [-0.25, -0.2) is 0 Å². The van der Waals surface area contributed by atoms with Gasteiger partial charge in [0.05, 0.1) is 11.7 Å². The molecule has 17 heavy (non-hydrogen) atoms. The first-order chi connectivity index (χ1) is 8.18. The van der Waals surface area contributed by atoms with Crippen LogP contribution >= 0.6 is 0 Å². The molecule has 0 bridgehead atoms. The second-order valence-corrected chi connectivity index (χ2v) is 7.19. The van der Waals surface area contributed by atoms with E-state index in [0.29, 0.717) is 18.3 Å². The Morgan fingerprint density at radius 2 is 2.06 bits per heavy atom. The molecule has 0 N–H and O–H groups in total. The van der Waals surface area contributed by atoms with Gasteiger partial charge in [-0.05, 0) is 37.0 Å². The molecular weight excluding hydrogens is 212 g/mol. The van der Waals surface area contributed by atoms with E-state index in [0.717, 1.165) is 17.8 Å². The van der Waals surface area contributed by atoms with E-state index in [-0.39, 0.29) is 5.60 Å². The lowest BCUT2D eigenvalue weighted by molar-refractivity contribution is 0.166. The van der Waals surface area contributed by atoms with Gasteiger partial charge in [-0.2, -0.15) is 0 Å². The minimum absolute atomic E-state index is 0.249. The molecule has 4 aliphatic rings. The van der Waals surface area contributed by atoms with Crippen LogP contribution in [0.2, 0.25) is 0 Å². The van der Waals surface area contributed by atoms with Gasteiger partial charge in [0, 0.05) is 0 Å². The van der Waals surface area contributed by atoms with Gasteiger partial charge >= 0.3 is 0 Å². The highest BCUT2D eigenvalue weighted by Crippen LogP contribution is 2.60. The van der Waals surface area contributed by atoms with Gasteiger partial charge in [-0.3, -0.25) is 0 Å². The highest BCUT2D eigenvalue weighted by Gasteiger charge is 2.72. The van der Waals surface area contributed by atoms with Crippen molar-refractivity contribution in [2.45, 2.75) is 76.3 Å². The molecule has 0 amide bonds. The van der Waals surface area contributed by atoms with Crippen LogP contribution in [0.4, 0.5) is 0 Å². The Labute approximate surface area is 104 Å².